The monoisotopic (exact) mass is 310 g/mol. The van der Waals surface area contributed by atoms with Crippen LogP contribution in [-0.2, 0) is 5.66 Å². The molecule has 120 valence electrons. The summed E-state index contributed by atoms with van der Waals surface area (Å²) in [4.78, 5) is 14.9. The van der Waals surface area contributed by atoms with Crippen molar-refractivity contribution in [3.8, 4) is 5.75 Å². The highest BCUT2D eigenvalue weighted by Crippen LogP contribution is 2.40. The number of methoxy groups -OCH3 is 1. The van der Waals surface area contributed by atoms with Crippen molar-refractivity contribution in [3.05, 3.63) is 59.7 Å². The molecular weight excluding hydrogens is 288 g/mol. The third-order valence-corrected chi connectivity index (χ3v) is 4.60. The Morgan fingerprint density at radius 1 is 1.09 bits per heavy atom. The van der Waals surface area contributed by atoms with Gasteiger partial charge in [-0.25, -0.2) is 0 Å². The zero-order valence-electron chi connectivity index (χ0n) is 13.8. The zero-order chi connectivity index (χ0) is 16.4. The third-order valence-electron chi connectivity index (χ3n) is 4.60. The molecule has 2 aromatic rings. The molecule has 0 spiro atoms. The van der Waals surface area contributed by atoms with E-state index in [9.17, 15) is 4.79 Å². The molecule has 0 aromatic heterocycles. The van der Waals surface area contributed by atoms with Gasteiger partial charge in [0.15, 0.2) is 0 Å². The minimum Gasteiger partial charge on any atom is -0.497 e. The van der Waals surface area contributed by atoms with Crippen LogP contribution in [0.2, 0.25) is 0 Å². The van der Waals surface area contributed by atoms with Crippen molar-refractivity contribution in [1.82, 2.24) is 4.90 Å². The lowest BCUT2D eigenvalue weighted by Gasteiger charge is -2.48. The smallest absolute Gasteiger partial charge is 0.258 e. The highest BCUT2D eigenvalue weighted by Gasteiger charge is 2.43. The van der Waals surface area contributed by atoms with Gasteiger partial charge in [0.25, 0.3) is 5.91 Å². The molecule has 23 heavy (non-hydrogen) atoms. The number of anilines is 1. The number of carbonyl (C=O) groups is 1. The van der Waals surface area contributed by atoms with Crippen molar-refractivity contribution in [2.75, 3.05) is 19.0 Å². The fraction of sp³-hybridized carbons (Fsp3) is 0.316. The van der Waals surface area contributed by atoms with Crippen LogP contribution in [0.15, 0.2) is 48.5 Å². The summed E-state index contributed by atoms with van der Waals surface area (Å²) in [5, 5.41) is 3.61. The molecule has 1 amide bonds. The predicted octanol–water partition coefficient (Wildman–Crippen LogP) is 3.85. The molecular formula is C19H22N2O2. The van der Waals surface area contributed by atoms with E-state index in [0.29, 0.717) is 6.54 Å². The summed E-state index contributed by atoms with van der Waals surface area (Å²) in [5.41, 5.74) is 2.14. The minimum atomic E-state index is -0.535. The van der Waals surface area contributed by atoms with E-state index in [1.807, 2.05) is 60.4 Å². The molecule has 0 saturated carbocycles. The number of carbonyl (C=O) groups excluding carboxylic acids is 1. The molecule has 1 atom stereocenters. The fourth-order valence-corrected chi connectivity index (χ4v) is 3.38. The lowest BCUT2D eigenvalue weighted by Crippen LogP contribution is -2.57. The zero-order valence-corrected chi connectivity index (χ0v) is 13.8. The number of rotatable bonds is 4. The van der Waals surface area contributed by atoms with E-state index in [1.54, 1.807) is 7.11 Å². The van der Waals surface area contributed by atoms with Gasteiger partial charge in [-0.1, -0.05) is 31.2 Å². The normalized spacial score (nSPS) is 20.0. The van der Waals surface area contributed by atoms with Gasteiger partial charge in [0.05, 0.1) is 12.7 Å². The maximum absolute atomic E-state index is 13.0. The van der Waals surface area contributed by atoms with E-state index in [0.717, 1.165) is 29.0 Å². The van der Waals surface area contributed by atoms with Gasteiger partial charge >= 0.3 is 0 Å². The molecule has 1 aliphatic heterocycles. The molecule has 1 unspecified atom stereocenters. The van der Waals surface area contributed by atoms with E-state index in [4.69, 9.17) is 4.74 Å². The first-order chi connectivity index (χ1) is 11.2. The van der Waals surface area contributed by atoms with E-state index < -0.39 is 5.66 Å². The van der Waals surface area contributed by atoms with Gasteiger partial charge in [-0.05, 0) is 43.2 Å². The largest absolute Gasteiger partial charge is 0.497 e. The lowest BCUT2D eigenvalue weighted by molar-refractivity contribution is 0.0503. The molecule has 4 nitrogen and oxygen atoms in total. The Balaban J connectivity index is 2.14. The van der Waals surface area contributed by atoms with E-state index in [1.165, 1.54) is 0 Å². The molecule has 0 radical (unpaired) electrons. The van der Waals surface area contributed by atoms with Gasteiger partial charge in [-0.2, -0.15) is 0 Å². The molecule has 0 saturated heterocycles. The second kappa shape index (κ2) is 5.95. The number of hydrogen-bond donors (Lipinski definition) is 1. The van der Waals surface area contributed by atoms with Crippen LogP contribution >= 0.6 is 0 Å². The van der Waals surface area contributed by atoms with Crippen LogP contribution in [0.25, 0.3) is 0 Å². The number of nitrogens with one attached hydrogen (secondary N) is 1. The fourth-order valence-electron chi connectivity index (χ4n) is 3.38. The summed E-state index contributed by atoms with van der Waals surface area (Å²) in [5.74, 6) is 0.880. The number of fused-ring (bicyclic) bond motifs is 1. The molecule has 3 rings (SSSR count). The molecule has 1 heterocycles. The highest BCUT2D eigenvalue weighted by molar-refractivity contribution is 6.02. The summed E-state index contributed by atoms with van der Waals surface area (Å²) in [7, 11) is 1.65. The van der Waals surface area contributed by atoms with Crippen LogP contribution in [0.1, 0.15) is 36.2 Å². The number of para-hydroxylation sites is 1. The van der Waals surface area contributed by atoms with Crippen LogP contribution in [0.5, 0.6) is 5.75 Å². The molecule has 4 heteroatoms. The van der Waals surface area contributed by atoms with Crippen LogP contribution in [-0.4, -0.2) is 24.5 Å². The van der Waals surface area contributed by atoms with Gasteiger partial charge in [0.2, 0.25) is 0 Å². The predicted molar refractivity (Wildman–Crippen MR) is 91.7 cm³/mol. The van der Waals surface area contributed by atoms with Crippen LogP contribution < -0.4 is 10.1 Å². The van der Waals surface area contributed by atoms with Gasteiger partial charge in [0, 0.05) is 12.2 Å². The third kappa shape index (κ3) is 2.34. The number of hydrogen-bond acceptors (Lipinski definition) is 3. The Kier molecular flexibility index (Phi) is 3.99. The average molecular weight is 310 g/mol. The number of ether oxygens (including phenoxy) is 1. The standard InChI is InChI=1S/C19H22N2O2/c1-4-19(14-10-12-15(23-3)13-11-14)20-17-9-7-6-8-16(17)18(22)21(19)5-2/h6-13,20H,4-5H2,1-3H3. The van der Waals surface area contributed by atoms with Gasteiger partial charge in [0.1, 0.15) is 11.4 Å². The Hall–Kier alpha value is -2.49. The molecule has 1 N–H and O–H groups in total. The topological polar surface area (TPSA) is 41.6 Å². The van der Waals surface area contributed by atoms with Crippen molar-refractivity contribution in [1.29, 1.82) is 0 Å². The number of benzene rings is 2. The molecule has 0 fully saturated rings. The first-order valence-corrected chi connectivity index (χ1v) is 8.00. The van der Waals surface area contributed by atoms with Crippen molar-refractivity contribution >= 4 is 11.6 Å². The van der Waals surface area contributed by atoms with Gasteiger partial charge in [-0.3, -0.25) is 4.79 Å². The second-order valence-corrected chi connectivity index (χ2v) is 5.66. The SMILES string of the molecule is CCN1C(=O)c2ccccc2NC1(CC)c1ccc(OC)cc1. The van der Waals surface area contributed by atoms with Crippen LogP contribution in [0, 0.1) is 0 Å². The van der Waals surface area contributed by atoms with Gasteiger partial charge in [-0.15, -0.1) is 0 Å². The highest BCUT2D eigenvalue weighted by atomic mass is 16.5. The van der Waals surface area contributed by atoms with E-state index >= 15 is 0 Å². The van der Waals surface area contributed by atoms with Gasteiger partial charge < -0.3 is 15.0 Å². The Morgan fingerprint density at radius 3 is 2.39 bits per heavy atom. The van der Waals surface area contributed by atoms with E-state index in [2.05, 4.69) is 12.2 Å². The van der Waals surface area contributed by atoms with E-state index in [-0.39, 0.29) is 5.91 Å². The molecule has 1 aliphatic rings. The van der Waals surface area contributed by atoms with Crippen molar-refractivity contribution in [2.45, 2.75) is 25.9 Å². The second-order valence-electron chi connectivity index (χ2n) is 5.66. The van der Waals surface area contributed by atoms with Crippen LogP contribution in [0.3, 0.4) is 0 Å². The Labute approximate surface area is 137 Å². The number of amides is 1. The Bertz CT molecular complexity index is 712. The first-order valence-electron chi connectivity index (χ1n) is 8.00. The van der Waals surface area contributed by atoms with Crippen molar-refractivity contribution in [2.24, 2.45) is 0 Å². The molecule has 2 aromatic carbocycles. The van der Waals surface area contributed by atoms with Crippen LogP contribution in [0.4, 0.5) is 5.69 Å². The maximum Gasteiger partial charge on any atom is 0.258 e. The quantitative estimate of drug-likeness (QED) is 0.932. The summed E-state index contributed by atoms with van der Waals surface area (Å²) >= 11 is 0. The summed E-state index contributed by atoms with van der Waals surface area (Å²) in [6.45, 7) is 4.75. The van der Waals surface area contributed by atoms with Crippen molar-refractivity contribution < 1.29 is 9.53 Å². The van der Waals surface area contributed by atoms with Crippen molar-refractivity contribution in [3.63, 3.8) is 0 Å². The average Bonchev–Trinajstić information content (AvgIpc) is 2.61. The summed E-state index contributed by atoms with van der Waals surface area (Å²) < 4.78 is 5.25. The first kappa shape index (κ1) is 15.4. The minimum absolute atomic E-state index is 0.0690. The Morgan fingerprint density at radius 2 is 1.78 bits per heavy atom. The lowest BCUT2D eigenvalue weighted by atomic mass is 9.89. The summed E-state index contributed by atoms with van der Waals surface area (Å²) in [6.07, 6.45) is 0.771. The molecule has 0 bridgehead atoms. The molecule has 0 aliphatic carbocycles. The maximum atomic E-state index is 13.0. The summed E-state index contributed by atoms with van der Waals surface area (Å²) in [6, 6.07) is 15.6. The number of nitrogens with zero attached hydrogens (tertiary/aromatic N) is 1.